The molecule has 1 unspecified atom stereocenters. The quantitative estimate of drug-likeness (QED) is 0.816. The molecule has 2 amide bonds. The lowest BCUT2D eigenvalue weighted by molar-refractivity contribution is -0.144. The van der Waals surface area contributed by atoms with E-state index in [1.807, 2.05) is 0 Å². The number of nitrogens with one attached hydrogen (secondary N) is 1. The van der Waals surface area contributed by atoms with E-state index in [1.165, 1.54) is 0 Å². The zero-order valence-electron chi connectivity index (χ0n) is 12.4. The number of nitrogens with zero attached hydrogens (tertiary/aromatic N) is 3. The standard InChI is InChI=1S/C15H20N4O3/c20-14-12(2-1-5-18-14)15(21)19-8-3-11(4-9-19)22-13-10-16-6-7-17-13/h6-7,10-12H,1-5,8-9H2,(H,18,20). The van der Waals surface area contributed by atoms with Gasteiger partial charge >= 0.3 is 0 Å². The molecule has 0 aliphatic carbocycles. The highest BCUT2D eigenvalue weighted by molar-refractivity contribution is 6.00. The van der Waals surface area contributed by atoms with Gasteiger partial charge in [0.1, 0.15) is 12.0 Å². The summed E-state index contributed by atoms with van der Waals surface area (Å²) in [6, 6.07) is 0. The van der Waals surface area contributed by atoms with E-state index in [0.717, 1.165) is 19.3 Å². The third-order valence-electron chi connectivity index (χ3n) is 4.16. The molecule has 3 rings (SSSR count). The summed E-state index contributed by atoms with van der Waals surface area (Å²) in [5.41, 5.74) is 0. The van der Waals surface area contributed by atoms with Crippen LogP contribution in [0.2, 0.25) is 0 Å². The first kappa shape index (κ1) is 14.7. The van der Waals surface area contributed by atoms with Crippen molar-refractivity contribution in [3.63, 3.8) is 0 Å². The second-order valence-corrected chi connectivity index (χ2v) is 5.67. The lowest BCUT2D eigenvalue weighted by Crippen LogP contribution is -2.49. The van der Waals surface area contributed by atoms with Crippen LogP contribution >= 0.6 is 0 Å². The summed E-state index contributed by atoms with van der Waals surface area (Å²) < 4.78 is 5.76. The molecule has 1 atom stereocenters. The van der Waals surface area contributed by atoms with E-state index in [-0.39, 0.29) is 17.9 Å². The average molecular weight is 304 g/mol. The summed E-state index contributed by atoms with van der Waals surface area (Å²) in [7, 11) is 0. The van der Waals surface area contributed by atoms with Crippen molar-refractivity contribution in [2.75, 3.05) is 19.6 Å². The number of piperidine rings is 2. The van der Waals surface area contributed by atoms with Gasteiger partial charge < -0.3 is 15.0 Å². The summed E-state index contributed by atoms with van der Waals surface area (Å²) in [4.78, 5) is 34.1. The third-order valence-corrected chi connectivity index (χ3v) is 4.16. The fourth-order valence-electron chi connectivity index (χ4n) is 2.94. The fraction of sp³-hybridized carbons (Fsp3) is 0.600. The molecule has 2 fully saturated rings. The predicted molar refractivity (Wildman–Crippen MR) is 78.0 cm³/mol. The monoisotopic (exact) mass is 304 g/mol. The highest BCUT2D eigenvalue weighted by Crippen LogP contribution is 2.20. The first-order valence-corrected chi connectivity index (χ1v) is 7.73. The molecule has 0 spiro atoms. The van der Waals surface area contributed by atoms with Gasteiger partial charge in [0.25, 0.3) is 0 Å². The lowest BCUT2D eigenvalue weighted by atomic mass is 9.95. The number of ether oxygens (including phenoxy) is 1. The second-order valence-electron chi connectivity index (χ2n) is 5.67. The van der Waals surface area contributed by atoms with Crippen LogP contribution < -0.4 is 10.1 Å². The molecule has 2 saturated heterocycles. The number of hydrogen-bond acceptors (Lipinski definition) is 5. The minimum absolute atomic E-state index is 0.0425. The van der Waals surface area contributed by atoms with Gasteiger partial charge in [-0.15, -0.1) is 0 Å². The molecular weight excluding hydrogens is 284 g/mol. The number of carbonyl (C=O) groups excluding carboxylic acids is 2. The number of amides is 2. The molecule has 7 nitrogen and oxygen atoms in total. The molecule has 118 valence electrons. The average Bonchev–Trinajstić information content (AvgIpc) is 2.56. The molecule has 1 N–H and O–H groups in total. The first-order valence-electron chi connectivity index (χ1n) is 7.73. The highest BCUT2D eigenvalue weighted by atomic mass is 16.5. The molecule has 22 heavy (non-hydrogen) atoms. The Hall–Kier alpha value is -2.18. The van der Waals surface area contributed by atoms with Crippen molar-refractivity contribution in [2.45, 2.75) is 31.8 Å². The predicted octanol–water partition coefficient (Wildman–Crippen LogP) is 0.373. The Balaban J connectivity index is 1.51. The lowest BCUT2D eigenvalue weighted by Gasteiger charge is -2.34. The Morgan fingerprint density at radius 3 is 2.77 bits per heavy atom. The van der Waals surface area contributed by atoms with Crippen LogP contribution in [0.5, 0.6) is 5.88 Å². The molecule has 2 aliphatic rings. The molecule has 2 aliphatic heterocycles. The topological polar surface area (TPSA) is 84.4 Å². The van der Waals surface area contributed by atoms with Crippen LogP contribution in [0, 0.1) is 5.92 Å². The van der Waals surface area contributed by atoms with Gasteiger partial charge in [0.2, 0.25) is 17.7 Å². The number of likely N-dealkylation sites (tertiary alicyclic amines) is 1. The van der Waals surface area contributed by atoms with Gasteiger partial charge in [-0.3, -0.25) is 14.6 Å². The van der Waals surface area contributed by atoms with Crippen LogP contribution in [-0.4, -0.2) is 52.4 Å². The van der Waals surface area contributed by atoms with Gasteiger partial charge in [0.15, 0.2) is 0 Å². The summed E-state index contributed by atoms with van der Waals surface area (Å²) in [6.45, 7) is 1.91. The van der Waals surface area contributed by atoms with Crippen molar-refractivity contribution < 1.29 is 14.3 Å². The molecule has 0 saturated carbocycles. The number of hydrogen-bond donors (Lipinski definition) is 1. The number of carbonyl (C=O) groups is 2. The van der Waals surface area contributed by atoms with Crippen LogP contribution in [0.15, 0.2) is 18.6 Å². The molecule has 1 aromatic rings. The van der Waals surface area contributed by atoms with E-state index in [2.05, 4.69) is 15.3 Å². The third kappa shape index (κ3) is 3.35. The van der Waals surface area contributed by atoms with Crippen molar-refractivity contribution >= 4 is 11.8 Å². The Labute approximate surface area is 129 Å². The van der Waals surface area contributed by atoms with Crippen LogP contribution in [-0.2, 0) is 9.59 Å². The second kappa shape index (κ2) is 6.72. The number of aromatic nitrogens is 2. The van der Waals surface area contributed by atoms with Crippen molar-refractivity contribution in [3.05, 3.63) is 18.6 Å². The normalized spacial score (nSPS) is 23.0. The van der Waals surface area contributed by atoms with Gasteiger partial charge in [0.05, 0.1) is 6.20 Å². The summed E-state index contributed by atoms with van der Waals surface area (Å²) in [5.74, 6) is -0.172. The van der Waals surface area contributed by atoms with E-state index in [4.69, 9.17) is 4.74 Å². The Morgan fingerprint density at radius 1 is 1.27 bits per heavy atom. The van der Waals surface area contributed by atoms with Gasteiger partial charge in [-0.05, 0) is 12.8 Å². The van der Waals surface area contributed by atoms with Crippen LogP contribution in [0.25, 0.3) is 0 Å². The van der Waals surface area contributed by atoms with E-state index in [9.17, 15) is 9.59 Å². The summed E-state index contributed by atoms with van der Waals surface area (Å²) in [6.07, 6.45) is 7.84. The zero-order valence-corrected chi connectivity index (χ0v) is 12.4. The molecule has 7 heteroatoms. The molecule has 0 radical (unpaired) electrons. The maximum Gasteiger partial charge on any atom is 0.235 e. The van der Waals surface area contributed by atoms with E-state index >= 15 is 0 Å². The minimum atomic E-state index is -0.508. The van der Waals surface area contributed by atoms with Crippen LogP contribution in [0.4, 0.5) is 0 Å². The zero-order chi connectivity index (χ0) is 15.4. The smallest absolute Gasteiger partial charge is 0.235 e. The van der Waals surface area contributed by atoms with Gasteiger partial charge in [-0.25, -0.2) is 4.98 Å². The maximum atomic E-state index is 12.4. The van der Waals surface area contributed by atoms with E-state index in [0.29, 0.717) is 31.9 Å². The Morgan fingerprint density at radius 2 is 2.09 bits per heavy atom. The Bertz CT molecular complexity index is 529. The summed E-state index contributed by atoms with van der Waals surface area (Å²) >= 11 is 0. The maximum absolute atomic E-state index is 12.4. The van der Waals surface area contributed by atoms with Crippen LogP contribution in [0.1, 0.15) is 25.7 Å². The van der Waals surface area contributed by atoms with E-state index in [1.54, 1.807) is 23.5 Å². The van der Waals surface area contributed by atoms with Gasteiger partial charge in [-0.2, -0.15) is 0 Å². The van der Waals surface area contributed by atoms with Gasteiger partial charge in [0, 0.05) is 44.9 Å². The first-order chi connectivity index (χ1) is 10.7. The van der Waals surface area contributed by atoms with Crippen molar-refractivity contribution in [1.82, 2.24) is 20.2 Å². The van der Waals surface area contributed by atoms with Crippen LogP contribution in [0.3, 0.4) is 0 Å². The number of rotatable bonds is 3. The van der Waals surface area contributed by atoms with Gasteiger partial charge in [-0.1, -0.05) is 0 Å². The molecule has 1 aromatic heterocycles. The largest absolute Gasteiger partial charge is 0.473 e. The molecule has 3 heterocycles. The highest BCUT2D eigenvalue weighted by Gasteiger charge is 2.34. The molecule has 0 aromatic carbocycles. The fourth-order valence-corrected chi connectivity index (χ4v) is 2.94. The molecular formula is C15H20N4O3. The van der Waals surface area contributed by atoms with Crippen molar-refractivity contribution in [1.29, 1.82) is 0 Å². The SMILES string of the molecule is O=C1NCCCC1C(=O)N1CCC(Oc2cnccn2)CC1. The minimum Gasteiger partial charge on any atom is -0.473 e. The van der Waals surface area contributed by atoms with Crippen molar-refractivity contribution in [2.24, 2.45) is 5.92 Å². The van der Waals surface area contributed by atoms with E-state index < -0.39 is 5.92 Å². The Kier molecular flexibility index (Phi) is 4.50. The van der Waals surface area contributed by atoms with Crippen molar-refractivity contribution in [3.8, 4) is 5.88 Å². The summed E-state index contributed by atoms with van der Waals surface area (Å²) in [5, 5.41) is 2.77. The molecule has 0 bridgehead atoms.